The second-order valence-corrected chi connectivity index (χ2v) is 5.46. The molecule has 0 unspecified atom stereocenters. The van der Waals surface area contributed by atoms with Gasteiger partial charge in [-0.2, -0.15) is 0 Å². The number of rotatable bonds is 4. The minimum Gasteiger partial charge on any atom is -0.497 e. The van der Waals surface area contributed by atoms with Crippen LogP contribution in [0.2, 0.25) is 0 Å². The maximum Gasteiger partial charge on any atom is 0.120 e. The summed E-state index contributed by atoms with van der Waals surface area (Å²) in [6, 6.07) is 17.4. The van der Waals surface area contributed by atoms with Gasteiger partial charge in [0.05, 0.1) is 12.6 Å². The van der Waals surface area contributed by atoms with Crippen LogP contribution in [0, 0.1) is 0 Å². The average Bonchev–Trinajstić information content (AvgIpc) is 2.85. The van der Waals surface area contributed by atoms with Crippen molar-refractivity contribution < 1.29 is 4.74 Å². The number of benzene rings is 2. The molecule has 0 aliphatic carbocycles. The fourth-order valence-electron chi connectivity index (χ4n) is 2.84. The Morgan fingerprint density at radius 2 is 1.76 bits per heavy atom. The molecule has 0 amide bonds. The minimum absolute atomic E-state index is 0.897. The van der Waals surface area contributed by atoms with Crippen molar-refractivity contribution in [1.29, 1.82) is 0 Å². The molecule has 0 radical (unpaired) electrons. The number of aryl methyl sites for hydroxylation is 2. The summed E-state index contributed by atoms with van der Waals surface area (Å²) in [5.74, 6) is 0.897. The zero-order valence-corrected chi connectivity index (χ0v) is 12.9. The Morgan fingerprint density at radius 3 is 2.43 bits per heavy atom. The summed E-state index contributed by atoms with van der Waals surface area (Å²) in [5, 5.41) is 1.24. The first kappa shape index (κ1) is 13.7. The molecule has 21 heavy (non-hydrogen) atoms. The molecular weight excluding hydrogens is 258 g/mol. The molecule has 0 aliphatic heterocycles. The molecule has 0 saturated heterocycles. The minimum atomic E-state index is 0.897. The van der Waals surface area contributed by atoms with Gasteiger partial charge in [0.2, 0.25) is 0 Å². The van der Waals surface area contributed by atoms with Gasteiger partial charge in [-0.05, 0) is 35.7 Å². The van der Waals surface area contributed by atoms with Gasteiger partial charge < -0.3 is 9.30 Å². The first-order chi connectivity index (χ1) is 10.2. The summed E-state index contributed by atoms with van der Waals surface area (Å²) >= 11 is 0. The lowest BCUT2D eigenvalue weighted by Crippen LogP contribution is -1.92. The van der Waals surface area contributed by atoms with Gasteiger partial charge in [0, 0.05) is 24.2 Å². The topological polar surface area (TPSA) is 14.2 Å². The molecule has 0 aliphatic rings. The van der Waals surface area contributed by atoms with Crippen molar-refractivity contribution in [3.8, 4) is 17.0 Å². The van der Waals surface area contributed by atoms with Crippen molar-refractivity contribution in [2.45, 2.75) is 19.8 Å². The summed E-state index contributed by atoms with van der Waals surface area (Å²) in [6.07, 6.45) is 2.33. The van der Waals surface area contributed by atoms with Gasteiger partial charge in [0.15, 0.2) is 0 Å². The van der Waals surface area contributed by atoms with E-state index >= 15 is 0 Å². The number of hydrogen-bond acceptors (Lipinski definition) is 1. The molecule has 2 aromatic carbocycles. The van der Waals surface area contributed by atoms with Crippen molar-refractivity contribution in [2.24, 2.45) is 7.05 Å². The highest BCUT2D eigenvalue weighted by atomic mass is 16.5. The van der Waals surface area contributed by atoms with E-state index in [1.807, 2.05) is 6.07 Å². The maximum atomic E-state index is 5.32. The zero-order valence-electron chi connectivity index (χ0n) is 12.9. The zero-order chi connectivity index (χ0) is 14.8. The van der Waals surface area contributed by atoms with Crippen LogP contribution in [0.25, 0.3) is 22.2 Å². The average molecular weight is 279 g/mol. The van der Waals surface area contributed by atoms with Crippen LogP contribution in [-0.4, -0.2) is 11.7 Å². The number of aromatic nitrogens is 1. The third-order valence-corrected chi connectivity index (χ3v) is 4.04. The lowest BCUT2D eigenvalue weighted by molar-refractivity contribution is 0.415. The third-order valence-electron chi connectivity index (χ3n) is 4.04. The second kappa shape index (κ2) is 5.65. The highest BCUT2D eigenvalue weighted by Crippen LogP contribution is 2.29. The molecule has 0 N–H and O–H groups in total. The molecule has 3 rings (SSSR count). The fraction of sp³-hybridized carbons (Fsp3) is 0.263. The van der Waals surface area contributed by atoms with Crippen LogP contribution in [0.4, 0.5) is 0 Å². The van der Waals surface area contributed by atoms with Gasteiger partial charge in [-0.3, -0.25) is 0 Å². The smallest absolute Gasteiger partial charge is 0.120 e. The number of ether oxygens (including phenoxy) is 1. The molecule has 0 fully saturated rings. The van der Waals surface area contributed by atoms with Gasteiger partial charge in [-0.25, -0.2) is 0 Å². The van der Waals surface area contributed by atoms with Gasteiger partial charge in [0.1, 0.15) is 5.75 Å². The van der Waals surface area contributed by atoms with Crippen molar-refractivity contribution in [1.82, 2.24) is 4.57 Å². The Labute approximate surface area is 126 Å². The van der Waals surface area contributed by atoms with E-state index in [0.29, 0.717) is 0 Å². The number of nitrogens with zero attached hydrogens (tertiary/aromatic N) is 1. The van der Waals surface area contributed by atoms with E-state index in [1.54, 1.807) is 7.11 Å². The molecule has 0 spiro atoms. The monoisotopic (exact) mass is 279 g/mol. The predicted molar refractivity (Wildman–Crippen MR) is 88.9 cm³/mol. The van der Waals surface area contributed by atoms with E-state index in [-0.39, 0.29) is 0 Å². The quantitative estimate of drug-likeness (QED) is 0.668. The SMILES string of the molecule is CCCc1ccc(-c2cc3ccc(OC)cc3n2C)cc1. The number of fused-ring (bicyclic) bond motifs is 1. The molecule has 0 saturated carbocycles. The lowest BCUT2D eigenvalue weighted by atomic mass is 10.1. The van der Waals surface area contributed by atoms with Crippen LogP contribution < -0.4 is 4.74 Å². The van der Waals surface area contributed by atoms with E-state index in [0.717, 1.165) is 12.2 Å². The van der Waals surface area contributed by atoms with Crippen LogP contribution in [0.5, 0.6) is 5.75 Å². The first-order valence-corrected chi connectivity index (χ1v) is 7.45. The van der Waals surface area contributed by atoms with Crippen molar-refractivity contribution in [3.05, 3.63) is 54.1 Å². The van der Waals surface area contributed by atoms with E-state index in [1.165, 1.54) is 34.1 Å². The molecule has 2 nitrogen and oxygen atoms in total. The molecule has 1 aromatic heterocycles. The Balaban J connectivity index is 2.05. The summed E-state index contributed by atoms with van der Waals surface area (Å²) in [7, 11) is 3.81. The van der Waals surface area contributed by atoms with Crippen LogP contribution in [0.15, 0.2) is 48.5 Å². The first-order valence-electron chi connectivity index (χ1n) is 7.45. The molecule has 0 atom stereocenters. The van der Waals surface area contributed by atoms with Crippen LogP contribution in [0.3, 0.4) is 0 Å². The molecule has 1 heterocycles. The lowest BCUT2D eigenvalue weighted by Gasteiger charge is -2.06. The van der Waals surface area contributed by atoms with E-state index in [9.17, 15) is 0 Å². The third kappa shape index (κ3) is 2.54. The Hall–Kier alpha value is -2.22. The van der Waals surface area contributed by atoms with Crippen LogP contribution in [0.1, 0.15) is 18.9 Å². The number of hydrogen-bond donors (Lipinski definition) is 0. The van der Waals surface area contributed by atoms with E-state index in [2.05, 4.69) is 61.0 Å². The van der Waals surface area contributed by atoms with Crippen molar-refractivity contribution in [3.63, 3.8) is 0 Å². The standard InChI is InChI=1S/C19H21NO/c1-4-5-14-6-8-15(9-7-14)18-12-16-10-11-17(21-3)13-19(16)20(18)2/h6-13H,4-5H2,1-3H3. The second-order valence-electron chi connectivity index (χ2n) is 5.46. The van der Waals surface area contributed by atoms with Crippen molar-refractivity contribution >= 4 is 10.9 Å². The molecule has 108 valence electrons. The molecule has 0 bridgehead atoms. The van der Waals surface area contributed by atoms with Gasteiger partial charge >= 0.3 is 0 Å². The predicted octanol–water partition coefficient (Wildman–Crippen LogP) is 4.81. The summed E-state index contributed by atoms with van der Waals surface area (Å²) in [6.45, 7) is 2.21. The Morgan fingerprint density at radius 1 is 1.00 bits per heavy atom. The highest BCUT2D eigenvalue weighted by molar-refractivity contribution is 5.88. The van der Waals surface area contributed by atoms with Gasteiger partial charge in [-0.1, -0.05) is 37.6 Å². The normalized spacial score (nSPS) is 11.0. The molecular formula is C19H21NO. The summed E-state index contributed by atoms with van der Waals surface area (Å²) in [5.41, 5.74) is 5.09. The number of methoxy groups -OCH3 is 1. The summed E-state index contributed by atoms with van der Waals surface area (Å²) < 4.78 is 7.55. The van der Waals surface area contributed by atoms with Crippen LogP contribution >= 0.6 is 0 Å². The van der Waals surface area contributed by atoms with E-state index in [4.69, 9.17) is 4.74 Å². The van der Waals surface area contributed by atoms with Gasteiger partial charge in [0.25, 0.3) is 0 Å². The Bertz CT molecular complexity index is 753. The van der Waals surface area contributed by atoms with Crippen molar-refractivity contribution in [2.75, 3.05) is 7.11 Å². The molecule has 3 aromatic rings. The summed E-state index contributed by atoms with van der Waals surface area (Å²) in [4.78, 5) is 0. The fourth-order valence-corrected chi connectivity index (χ4v) is 2.84. The van der Waals surface area contributed by atoms with Gasteiger partial charge in [-0.15, -0.1) is 0 Å². The van der Waals surface area contributed by atoms with Crippen LogP contribution in [-0.2, 0) is 13.5 Å². The largest absolute Gasteiger partial charge is 0.497 e. The Kier molecular flexibility index (Phi) is 3.70. The highest BCUT2D eigenvalue weighted by Gasteiger charge is 2.08. The van der Waals surface area contributed by atoms with E-state index < -0.39 is 0 Å². The molecule has 2 heteroatoms. The maximum absolute atomic E-state index is 5.32.